The number of carbonyl (C=O) groups is 1. The van der Waals surface area contributed by atoms with Gasteiger partial charge in [-0.2, -0.15) is 5.10 Å². The molecule has 0 unspecified atom stereocenters. The summed E-state index contributed by atoms with van der Waals surface area (Å²) in [6.07, 6.45) is 6.82. The number of anilines is 2. The monoisotopic (exact) mass is 443 g/mol. The van der Waals surface area contributed by atoms with Crippen molar-refractivity contribution in [3.8, 4) is 0 Å². The average Bonchev–Trinajstić information content (AvgIpc) is 3.04. The van der Waals surface area contributed by atoms with Crippen molar-refractivity contribution in [1.82, 2.24) is 15.1 Å². The molecular formula is C23H30ClN5O2. The van der Waals surface area contributed by atoms with E-state index < -0.39 is 0 Å². The molecule has 0 spiro atoms. The molecule has 1 N–H and O–H groups in total. The van der Waals surface area contributed by atoms with E-state index in [0.717, 1.165) is 68.4 Å². The lowest BCUT2D eigenvalue weighted by atomic mass is 10.1. The number of hydrogen-bond acceptors (Lipinski definition) is 5. The minimum atomic E-state index is -0.252. The van der Waals surface area contributed by atoms with Gasteiger partial charge in [-0.15, -0.1) is 0 Å². The molecule has 8 heteroatoms. The maximum atomic E-state index is 12.5. The second-order valence-corrected chi connectivity index (χ2v) is 8.83. The van der Waals surface area contributed by atoms with Gasteiger partial charge >= 0.3 is 0 Å². The minimum Gasteiger partial charge on any atom is -0.368 e. The van der Waals surface area contributed by atoms with Crippen LogP contribution in [0.4, 0.5) is 11.5 Å². The molecule has 2 aromatic rings. The third-order valence-corrected chi connectivity index (χ3v) is 6.38. The molecule has 0 bridgehead atoms. The van der Waals surface area contributed by atoms with Gasteiger partial charge in [-0.3, -0.25) is 9.59 Å². The Labute approximate surface area is 188 Å². The highest BCUT2D eigenvalue weighted by Gasteiger charge is 2.20. The summed E-state index contributed by atoms with van der Waals surface area (Å²) in [5.74, 6) is 0.594. The van der Waals surface area contributed by atoms with Crippen molar-refractivity contribution in [1.29, 1.82) is 0 Å². The molecule has 166 valence electrons. The van der Waals surface area contributed by atoms with Crippen LogP contribution in [-0.4, -0.2) is 47.9 Å². The van der Waals surface area contributed by atoms with E-state index in [2.05, 4.69) is 26.3 Å². The molecule has 0 radical (unpaired) electrons. The predicted octanol–water partition coefficient (Wildman–Crippen LogP) is 3.06. The summed E-state index contributed by atoms with van der Waals surface area (Å²) in [7, 11) is 0. The lowest BCUT2D eigenvalue weighted by Gasteiger charge is -2.36. The van der Waals surface area contributed by atoms with E-state index in [-0.39, 0.29) is 24.1 Å². The molecule has 1 saturated heterocycles. The van der Waals surface area contributed by atoms with Crippen molar-refractivity contribution in [2.75, 3.05) is 36.0 Å². The summed E-state index contributed by atoms with van der Waals surface area (Å²) in [6.45, 7) is 3.20. The van der Waals surface area contributed by atoms with Gasteiger partial charge < -0.3 is 15.1 Å². The molecule has 7 nitrogen and oxygen atoms in total. The molecule has 1 aromatic carbocycles. The number of nitrogens with one attached hydrogen (secondary N) is 1. The first-order chi connectivity index (χ1) is 15.1. The number of nitrogens with zero attached hydrogens (tertiary/aromatic N) is 4. The highest BCUT2D eigenvalue weighted by Crippen LogP contribution is 2.22. The Morgan fingerprint density at radius 2 is 1.71 bits per heavy atom. The summed E-state index contributed by atoms with van der Waals surface area (Å²) in [4.78, 5) is 29.2. The Morgan fingerprint density at radius 3 is 2.42 bits per heavy atom. The summed E-state index contributed by atoms with van der Waals surface area (Å²) in [6, 6.07) is 11.3. The molecule has 1 aliphatic heterocycles. The van der Waals surface area contributed by atoms with E-state index in [9.17, 15) is 9.59 Å². The van der Waals surface area contributed by atoms with E-state index in [4.69, 9.17) is 11.6 Å². The highest BCUT2D eigenvalue weighted by molar-refractivity contribution is 6.30. The first-order valence-corrected chi connectivity index (χ1v) is 11.6. The molecule has 2 aliphatic rings. The van der Waals surface area contributed by atoms with E-state index in [0.29, 0.717) is 0 Å². The van der Waals surface area contributed by atoms with Crippen LogP contribution in [0.15, 0.2) is 41.2 Å². The summed E-state index contributed by atoms with van der Waals surface area (Å²) < 4.78 is 1.28. The lowest BCUT2D eigenvalue weighted by molar-refractivity contribution is -0.122. The number of carbonyl (C=O) groups excluding carboxylic acids is 1. The largest absolute Gasteiger partial charge is 0.368 e. The second-order valence-electron chi connectivity index (χ2n) is 8.40. The van der Waals surface area contributed by atoms with Crippen molar-refractivity contribution < 1.29 is 4.79 Å². The number of amides is 1. The lowest BCUT2D eigenvalue weighted by Crippen LogP contribution is -2.47. The van der Waals surface area contributed by atoms with Crippen LogP contribution >= 0.6 is 11.6 Å². The van der Waals surface area contributed by atoms with Crippen LogP contribution in [0.3, 0.4) is 0 Å². The van der Waals surface area contributed by atoms with Crippen LogP contribution in [-0.2, 0) is 11.3 Å². The number of benzene rings is 1. The number of hydrogen-bond donors (Lipinski definition) is 1. The van der Waals surface area contributed by atoms with Gasteiger partial charge in [0.05, 0.1) is 0 Å². The first-order valence-electron chi connectivity index (χ1n) is 11.2. The van der Waals surface area contributed by atoms with Crippen molar-refractivity contribution in [3.63, 3.8) is 0 Å². The molecule has 4 rings (SSSR count). The molecule has 2 heterocycles. The second kappa shape index (κ2) is 10.2. The van der Waals surface area contributed by atoms with Gasteiger partial charge in [0.25, 0.3) is 5.56 Å². The molecular weight excluding hydrogens is 414 g/mol. The zero-order valence-electron chi connectivity index (χ0n) is 17.8. The topological polar surface area (TPSA) is 70.5 Å². The number of halogens is 1. The standard InChI is InChI=1S/C23H30ClN5O2/c24-18-6-5-9-20(16-18)27-12-14-28(15-13-27)21-10-11-23(31)29(26-21)17-22(30)25-19-7-3-1-2-4-8-19/h5-6,9-11,16,19H,1-4,7-8,12-15,17H2,(H,25,30). The Bertz CT molecular complexity index is 947. The van der Waals surface area contributed by atoms with E-state index in [1.807, 2.05) is 18.2 Å². The van der Waals surface area contributed by atoms with Crippen LogP contribution in [0.5, 0.6) is 0 Å². The highest BCUT2D eigenvalue weighted by atomic mass is 35.5. The number of piperazine rings is 1. The van der Waals surface area contributed by atoms with E-state index in [1.165, 1.54) is 23.6 Å². The normalized spacial score (nSPS) is 18.0. The van der Waals surface area contributed by atoms with Gasteiger partial charge in [-0.05, 0) is 37.1 Å². The van der Waals surface area contributed by atoms with Crippen LogP contribution in [0.25, 0.3) is 0 Å². The molecule has 31 heavy (non-hydrogen) atoms. The average molecular weight is 444 g/mol. The molecule has 0 atom stereocenters. The van der Waals surface area contributed by atoms with Crippen LogP contribution in [0.1, 0.15) is 38.5 Å². The number of aromatic nitrogens is 2. The summed E-state index contributed by atoms with van der Waals surface area (Å²) >= 11 is 6.12. The van der Waals surface area contributed by atoms with Crippen molar-refractivity contribution in [2.24, 2.45) is 0 Å². The Hall–Kier alpha value is -2.54. The molecule has 1 aliphatic carbocycles. The first kappa shape index (κ1) is 21.7. The third kappa shape index (κ3) is 5.79. The van der Waals surface area contributed by atoms with Gasteiger partial charge in [0.1, 0.15) is 12.4 Å². The fraction of sp³-hybridized carbons (Fsp3) is 0.522. The summed E-state index contributed by atoms with van der Waals surface area (Å²) in [5, 5.41) is 8.31. The Balaban J connectivity index is 1.36. The van der Waals surface area contributed by atoms with Gasteiger partial charge in [0.15, 0.2) is 0 Å². The number of rotatable bonds is 5. The van der Waals surface area contributed by atoms with Gasteiger partial charge in [-0.1, -0.05) is 43.4 Å². The summed E-state index contributed by atoms with van der Waals surface area (Å²) in [5.41, 5.74) is 0.859. The maximum Gasteiger partial charge on any atom is 0.267 e. The maximum absolute atomic E-state index is 12.5. The van der Waals surface area contributed by atoms with Crippen molar-refractivity contribution in [3.05, 3.63) is 51.8 Å². The van der Waals surface area contributed by atoms with Crippen molar-refractivity contribution in [2.45, 2.75) is 51.1 Å². The molecule has 1 amide bonds. The third-order valence-electron chi connectivity index (χ3n) is 6.14. The Morgan fingerprint density at radius 1 is 1.00 bits per heavy atom. The minimum absolute atomic E-state index is 0.0361. The fourth-order valence-corrected chi connectivity index (χ4v) is 4.60. The van der Waals surface area contributed by atoms with Gasteiger partial charge in [-0.25, -0.2) is 4.68 Å². The fourth-order valence-electron chi connectivity index (χ4n) is 4.42. The van der Waals surface area contributed by atoms with Crippen LogP contribution < -0.4 is 20.7 Å². The van der Waals surface area contributed by atoms with E-state index >= 15 is 0 Å². The quantitative estimate of drug-likeness (QED) is 0.719. The van der Waals surface area contributed by atoms with E-state index in [1.54, 1.807) is 6.07 Å². The zero-order valence-corrected chi connectivity index (χ0v) is 18.6. The Kier molecular flexibility index (Phi) is 7.12. The SMILES string of the molecule is O=C(Cn1nc(N2CCN(c3cccc(Cl)c3)CC2)ccc1=O)NC1CCCCCC1. The van der Waals surface area contributed by atoms with Crippen molar-refractivity contribution >= 4 is 29.0 Å². The van der Waals surface area contributed by atoms with Gasteiger partial charge in [0, 0.05) is 49.0 Å². The predicted molar refractivity (Wildman–Crippen MR) is 124 cm³/mol. The molecule has 1 saturated carbocycles. The molecule has 1 aromatic heterocycles. The molecule has 2 fully saturated rings. The van der Waals surface area contributed by atoms with Crippen LogP contribution in [0, 0.1) is 0 Å². The smallest absolute Gasteiger partial charge is 0.267 e. The zero-order chi connectivity index (χ0) is 21.6. The van der Waals surface area contributed by atoms with Crippen LogP contribution in [0.2, 0.25) is 5.02 Å². The van der Waals surface area contributed by atoms with Gasteiger partial charge in [0.2, 0.25) is 5.91 Å².